The number of benzene rings is 1. The Kier molecular flexibility index (Phi) is 5.11. The van der Waals surface area contributed by atoms with Crippen molar-refractivity contribution in [3.8, 4) is 0 Å². The standard InChI is InChI=1S/C16H24N2O/c1-2-6-15(17)14-9-10-18(12-16(14)19)11-13-7-4-3-5-8-13/h3-5,7-8,14,16-17,19H,2,6,9-12H2,1H3. The quantitative estimate of drug-likeness (QED) is 0.800. The maximum Gasteiger partial charge on any atom is 0.0747 e. The van der Waals surface area contributed by atoms with Gasteiger partial charge in [0.15, 0.2) is 0 Å². The predicted molar refractivity (Wildman–Crippen MR) is 78.5 cm³/mol. The SMILES string of the molecule is CCCC(=N)C1CCN(Cc2ccccc2)CC1O. The molecule has 3 heteroatoms. The molecule has 19 heavy (non-hydrogen) atoms. The molecule has 2 unspecified atom stereocenters. The first-order valence-corrected chi connectivity index (χ1v) is 7.22. The van der Waals surface area contributed by atoms with Crippen LogP contribution in [0.1, 0.15) is 31.7 Å². The first kappa shape index (κ1) is 14.2. The highest BCUT2D eigenvalue weighted by molar-refractivity contribution is 5.84. The molecule has 0 aromatic heterocycles. The Balaban J connectivity index is 1.88. The number of nitrogens with one attached hydrogen (secondary N) is 1. The van der Waals surface area contributed by atoms with E-state index in [0.29, 0.717) is 6.54 Å². The summed E-state index contributed by atoms with van der Waals surface area (Å²) in [5.41, 5.74) is 2.02. The van der Waals surface area contributed by atoms with Crippen molar-refractivity contribution in [3.63, 3.8) is 0 Å². The largest absolute Gasteiger partial charge is 0.391 e. The van der Waals surface area contributed by atoms with Crippen LogP contribution in [-0.2, 0) is 6.54 Å². The molecule has 1 aromatic carbocycles. The van der Waals surface area contributed by atoms with Crippen molar-refractivity contribution < 1.29 is 5.11 Å². The zero-order chi connectivity index (χ0) is 13.7. The maximum absolute atomic E-state index is 10.2. The normalized spacial score (nSPS) is 24.3. The second kappa shape index (κ2) is 6.83. The Morgan fingerprint density at radius 2 is 2.11 bits per heavy atom. The zero-order valence-electron chi connectivity index (χ0n) is 11.7. The van der Waals surface area contributed by atoms with Gasteiger partial charge in [0.1, 0.15) is 0 Å². The van der Waals surface area contributed by atoms with Crippen LogP contribution in [-0.4, -0.2) is 34.9 Å². The molecule has 0 amide bonds. The molecule has 1 aromatic rings. The topological polar surface area (TPSA) is 47.3 Å². The van der Waals surface area contributed by atoms with Gasteiger partial charge in [0.25, 0.3) is 0 Å². The number of hydrogen-bond donors (Lipinski definition) is 2. The van der Waals surface area contributed by atoms with Crippen LogP contribution in [0.2, 0.25) is 0 Å². The summed E-state index contributed by atoms with van der Waals surface area (Å²) in [6.07, 6.45) is 2.35. The van der Waals surface area contributed by atoms with E-state index in [9.17, 15) is 5.11 Å². The van der Waals surface area contributed by atoms with E-state index in [0.717, 1.165) is 38.1 Å². The van der Waals surface area contributed by atoms with E-state index < -0.39 is 0 Å². The first-order valence-electron chi connectivity index (χ1n) is 7.22. The van der Waals surface area contributed by atoms with Gasteiger partial charge < -0.3 is 10.5 Å². The molecular weight excluding hydrogens is 236 g/mol. The number of likely N-dealkylation sites (tertiary alicyclic amines) is 1. The molecule has 1 heterocycles. The number of aliphatic hydroxyl groups excluding tert-OH is 1. The third kappa shape index (κ3) is 3.88. The van der Waals surface area contributed by atoms with Gasteiger partial charge in [-0.15, -0.1) is 0 Å². The third-order valence-corrected chi connectivity index (χ3v) is 3.88. The summed E-state index contributed by atoms with van der Waals surface area (Å²) in [5, 5.41) is 18.3. The lowest BCUT2D eigenvalue weighted by Crippen LogP contribution is -2.45. The molecule has 0 aliphatic carbocycles. The molecule has 2 atom stereocenters. The van der Waals surface area contributed by atoms with Crippen LogP contribution in [0.3, 0.4) is 0 Å². The van der Waals surface area contributed by atoms with Gasteiger partial charge in [-0.05, 0) is 24.9 Å². The number of piperidine rings is 1. The fourth-order valence-electron chi connectivity index (χ4n) is 2.84. The van der Waals surface area contributed by atoms with Gasteiger partial charge in [-0.3, -0.25) is 4.90 Å². The van der Waals surface area contributed by atoms with Crippen molar-refractivity contribution in [3.05, 3.63) is 35.9 Å². The van der Waals surface area contributed by atoms with Gasteiger partial charge >= 0.3 is 0 Å². The van der Waals surface area contributed by atoms with Crippen LogP contribution < -0.4 is 0 Å². The van der Waals surface area contributed by atoms with Crippen LogP contribution >= 0.6 is 0 Å². The minimum absolute atomic E-state index is 0.0759. The van der Waals surface area contributed by atoms with Gasteiger partial charge in [0, 0.05) is 24.7 Å². The lowest BCUT2D eigenvalue weighted by atomic mass is 9.87. The molecule has 0 radical (unpaired) electrons. The summed E-state index contributed by atoms with van der Waals surface area (Å²) in [4.78, 5) is 2.29. The minimum atomic E-state index is -0.378. The van der Waals surface area contributed by atoms with Gasteiger partial charge in [0.2, 0.25) is 0 Å². The number of rotatable bonds is 5. The maximum atomic E-state index is 10.2. The summed E-state index contributed by atoms with van der Waals surface area (Å²) >= 11 is 0. The fraction of sp³-hybridized carbons (Fsp3) is 0.562. The molecular formula is C16H24N2O. The van der Waals surface area contributed by atoms with Crippen molar-refractivity contribution in [2.75, 3.05) is 13.1 Å². The van der Waals surface area contributed by atoms with Crippen molar-refractivity contribution in [1.82, 2.24) is 4.90 Å². The van der Waals surface area contributed by atoms with Gasteiger partial charge in [-0.2, -0.15) is 0 Å². The Morgan fingerprint density at radius 1 is 1.37 bits per heavy atom. The van der Waals surface area contributed by atoms with E-state index in [1.165, 1.54) is 5.56 Å². The van der Waals surface area contributed by atoms with Crippen molar-refractivity contribution in [2.45, 2.75) is 38.8 Å². The van der Waals surface area contributed by atoms with Crippen LogP contribution in [0.4, 0.5) is 0 Å². The number of β-amino-alcohol motifs (C(OH)–C–C–N with tert-alkyl or cyclic N) is 1. The second-order valence-corrected chi connectivity index (χ2v) is 5.46. The summed E-state index contributed by atoms with van der Waals surface area (Å²) < 4.78 is 0. The van der Waals surface area contributed by atoms with Crippen molar-refractivity contribution >= 4 is 5.71 Å². The first-order chi connectivity index (χ1) is 9.20. The molecule has 1 aliphatic heterocycles. The summed E-state index contributed by atoms with van der Waals surface area (Å²) in [5.74, 6) is 0.0759. The van der Waals surface area contributed by atoms with Crippen LogP contribution in [0.15, 0.2) is 30.3 Å². The Labute approximate surface area is 115 Å². The highest BCUT2D eigenvalue weighted by atomic mass is 16.3. The van der Waals surface area contributed by atoms with E-state index in [-0.39, 0.29) is 12.0 Å². The molecule has 1 fully saturated rings. The molecule has 3 nitrogen and oxygen atoms in total. The lowest BCUT2D eigenvalue weighted by molar-refractivity contribution is 0.0425. The van der Waals surface area contributed by atoms with Crippen LogP contribution in [0.25, 0.3) is 0 Å². The molecule has 2 N–H and O–H groups in total. The zero-order valence-corrected chi connectivity index (χ0v) is 11.7. The van der Waals surface area contributed by atoms with E-state index in [1.54, 1.807) is 0 Å². The summed E-state index contributed by atoms with van der Waals surface area (Å²) in [6, 6.07) is 10.4. The number of aliphatic hydroxyl groups is 1. The fourth-order valence-corrected chi connectivity index (χ4v) is 2.84. The number of hydrogen-bond acceptors (Lipinski definition) is 3. The molecule has 0 saturated carbocycles. The van der Waals surface area contributed by atoms with Crippen LogP contribution in [0, 0.1) is 11.3 Å². The van der Waals surface area contributed by atoms with Crippen molar-refractivity contribution in [2.24, 2.45) is 5.92 Å². The third-order valence-electron chi connectivity index (χ3n) is 3.88. The second-order valence-electron chi connectivity index (χ2n) is 5.46. The molecule has 1 aliphatic rings. The van der Waals surface area contributed by atoms with E-state index in [4.69, 9.17) is 5.41 Å². The lowest BCUT2D eigenvalue weighted by Gasteiger charge is -2.36. The van der Waals surface area contributed by atoms with E-state index in [1.807, 2.05) is 6.07 Å². The van der Waals surface area contributed by atoms with Gasteiger partial charge in [-0.25, -0.2) is 0 Å². The summed E-state index contributed by atoms with van der Waals surface area (Å²) in [7, 11) is 0. The van der Waals surface area contributed by atoms with Gasteiger partial charge in [-0.1, -0.05) is 43.7 Å². The molecule has 104 valence electrons. The molecule has 1 saturated heterocycles. The Morgan fingerprint density at radius 3 is 2.74 bits per heavy atom. The molecule has 0 spiro atoms. The minimum Gasteiger partial charge on any atom is -0.391 e. The smallest absolute Gasteiger partial charge is 0.0747 e. The predicted octanol–water partition coefficient (Wildman–Crippen LogP) is 2.69. The monoisotopic (exact) mass is 260 g/mol. The van der Waals surface area contributed by atoms with Gasteiger partial charge in [0.05, 0.1) is 6.10 Å². The highest BCUT2D eigenvalue weighted by Crippen LogP contribution is 2.22. The number of nitrogens with zero attached hydrogens (tertiary/aromatic N) is 1. The van der Waals surface area contributed by atoms with E-state index in [2.05, 4.69) is 36.1 Å². The average Bonchev–Trinajstić information content (AvgIpc) is 2.40. The molecule has 0 bridgehead atoms. The van der Waals surface area contributed by atoms with Crippen LogP contribution in [0.5, 0.6) is 0 Å². The summed E-state index contributed by atoms with van der Waals surface area (Å²) in [6.45, 7) is 4.64. The Hall–Kier alpha value is -1.19. The average molecular weight is 260 g/mol. The van der Waals surface area contributed by atoms with E-state index >= 15 is 0 Å². The highest BCUT2D eigenvalue weighted by Gasteiger charge is 2.29. The van der Waals surface area contributed by atoms with Crippen molar-refractivity contribution in [1.29, 1.82) is 5.41 Å². The Bertz CT molecular complexity index is 404. The molecule has 2 rings (SSSR count).